The van der Waals surface area contributed by atoms with E-state index in [2.05, 4.69) is 33.0 Å². The highest BCUT2D eigenvalue weighted by molar-refractivity contribution is 5.81. The zero-order valence-corrected chi connectivity index (χ0v) is 16.7. The van der Waals surface area contributed by atoms with Crippen molar-refractivity contribution < 1.29 is 5.11 Å². The van der Waals surface area contributed by atoms with Crippen LogP contribution in [0.2, 0.25) is 0 Å². The molecule has 1 fully saturated rings. The molecule has 0 amide bonds. The number of rotatable bonds is 5. The lowest BCUT2D eigenvalue weighted by Gasteiger charge is -2.34. The largest absolute Gasteiger partial charge is 0.395 e. The quantitative estimate of drug-likeness (QED) is 0.555. The first-order valence-corrected chi connectivity index (χ1v) is 10.3. The van der Waals surface area contributed by atoms with Gasteiger partial charge in [-0.25, -0.2) is 9.50 Å². The van der Waals surface area contributed by atoms with Gasteiger partial charge in [-0.05, 0) is 24.3 Å². The Bertz CT molecular complexity index is 1120. The summed E-state index contributed by atoms with van der Waals surface area (Å²) in [6.45, 7) is 4.57. The fourth-order valence-electron chi connectivity index (χ4n) is 4.00. The third-order valence-electron chi connectivity index (χ3n) is 5.58. The maximum absolute atomic E-state index is 9.17. The lowest BCUT2D eigenvalue weighted by molar-refractivity contribution is 0.188. The normalized spacial score (nSPS) is 15.0. The molecule has 5 rings (SSSR count). The van der Waals surface area contributed by atoms with Crippen molar-refractivity contribution in [2.24, 2.45) is 0 Å². The second-order valence-corrected chi connectivity index (χ2v) is 7.42. The summed E-state index contributed by atoms with van der Waals surface area (Å²) in [7, 11) is 0. The molecular weight excluding hydrogens is 376 g/mol. The number of fused-ring (bicyclic) bond motifs is 1. The third-order valence-corrected chi connectivity index (χ3v) is 5.58. The molecule has 152 valence electrons. The van der Waals surface area contributed by atoms with Crippen molar-refractivity contribution in [3.63, 3.8) is 0 Å². The molecule has 3 aromatic heterocycles. The van der Waals surface area contributed by atoms with Gasteiger partial charge in [0.15, 0.2) is 5.65 Å². The molecule has 0 unspecified atom stereocenters. The first-order chi connectivity index (χ1) is 14.8. The molecule has 1 aliphatic heterocycles. The van der Waals surface area contributed by atoms with Gasteiger partial charge in [0.05, 0.1) is 12.3 Å². The van der Waals surface area contributed by atoms with E-state index < -0.39 is 0 Å². The average Bonchev–Trinajstić information content (AvgIpc) is 3.20. The monoisotopic (exact) mass is 400 g/mol. The van der Waals surface area contributed by atoms with Gasteiger partial charge in [0, 0.05) is 56.2 Å². The standard InChI is InChI=1S/C23H24N6O/c30-17-16-27-12-14-28(15-13-27)21-7-6-20-25-22(18-4-2-1-3-5-18)23(29(20)26-21)19-8-10-24-11-9-19/h1-11,30H,12-17H2. The summed E-state index contributed by atoms with van der Waals surface area (Å²) in [5.41, 5.74) is 4.81. The lowest BCUT2D eigenvalue weighted by atomic mass is 10.1. The topological polar surface area (TPSA) is 69.8 Å². The van der Waals surface area contributed by atoms with Gasteiger partial charge >= 0.3 is 0 Å². The van der Waals surface area contributed by atoms with Crippen molar-refractivity contribution in [1.29, 1.82) is 0 Å². The zero-order valence-electron chi connectivity index (χ0n) is 16.7. The summed E-state index contributed by atoms with van der Waals surface area (Å²) < 4.78 is 1.95. The first-order valence-electron chi connectivity index (χ1n) is 10.3. The van der Waals surface area contributed by atoms with Crippen LogP contribution in [0.3, 0.4) is 0 Å². The second-order valence-electron chi connectivity index (χ2n) is 7.42. The van der Waals surface area contributed by atoms with Gasteiger partial charge in [-0.3, -0.25) is 9.88 Å². The Hall–Kier alpha value is -3.29. The highest BCUT2D eigenvalue weighted by Gasteiger charge is 2.21. The van der Waals surface area contributed by atoms with Crippen LogP contribution in [-0.4, -0.2) is 68.9 Å². The summed E-state index contributed by atoms with van der Waals surface area (Å²) in [6, 6.07) is 18.3. The van der Waals surface area contributed by atoms with Crippen molar-refractivity contribution in [3.05, 3.63) is 67.0 Å². The summed E-state index contributed by atoms with van der Waals surface area (Å²) in [5.74, 6) is 0.943. The molecule has 1 aliphatic rings. The van der Waals surface area contributed by atoms with Gasteiger partial charge in [-0.15, -0.1) is 5.10 Å². The predicted octanol–water partition coefficient (Wildman–Crippen LogP) is 2.57. The van der Waals surface area contributed by atoms with Crippen LogP contribution in [0.5, 0.6) is 0 Å². The predicted molar refractivity (Wildman–Crippen MR) is 117 cm³/mol. The smallest absolute Gasteiger partial charge is 0.155 e. The van der Waals surface area contributed by atoms with Gasteiger partial charge in [0.2, 0.25) is 0 Å². The van der Waals surface area contributed by atoms with Crippen LogP contribution in [-0.2, 0) is 0 Å². The number of aliphatic hydroxyl groups is 1. The number of benzene rings is 1. The van der Waals surface area contributed by atoms with Gasteiger partial charge in [0.25, 0.3) is 0 Å². The SMILES string of the molecule is OCCN1CCN(c2ccc3nc(-c4ccccc4)c(-c4ccncc4)n3n2)CC1. The van der Waals surface area contributed by atoms with E-state index in [1.807, 2.05) is 40.9 Å². The van der Waals surface area contributed by atoms with E-state index in [4.69, 9.17) is 10.1 Å². The Balaban J connectivity index is 1.58. The number of pyridine rings is 1. The number of imidazole rings is 1. The first kappa shape index (κ1) is 18.7. The highest BCUT2D eigenvalue weighted by Crippen LogP contribution is 2.32. The third kappa shape index (κ3) is 3.53. The summed E-state index contributed by atoms with van der Waals surface area (Å²) in [4.78, 5) is 13.7. The minimum atomic E-state index is 0.205. The maximum atomic E-state index is 9.17. The second kappa shape index (κ2) is 8.22. The molecule has 30 heavy (non-hydrogen) atoms. The van der Waals surface area contributed by atoms with Crippen molar-refractivity contribution in [2.75, 3.05) is 44.2 Å². The number of hydrogen-bond donors (Lipinski definition) is 1. The number of β-amino-alcohol motifs (C(OH)–C–C–N with tert-alkyl or cyclic N) is 1. The van der Waals surface area contributed by atoms with Gasteiger partial charge in [-0.1, -0.05) is 30.3 Å². The van der Waals surface area contributed by atoms with Crippen LogP contribution in [0, 0.1) is 0 Å². The Morgan fingerprint density at radius 3 is 2.33 bits per heavy atom. The van der Waals surface area contributed by atoms with E-state index in [0.717, 1.165) is 66.7 Å². The summed E-state index contributed by atoms with van der Waals surface area (Å²) in [6.07, 6.45) is 3.60. The number of hydrogen-bond acceptors (Lipinski definition) is 6. The van der Waals surface area contributed by atoms with Crippen LogP contribution < -0.4 is 4.90 Å². The Kier molecular flexibility index (Phi) is 5.13. The van der Waals surface area contributed by atoms with Crippen molar-refractivity contribution >= 4 is 11.5 Å². The molecule has 0 saturated carbocycles. The maximum Gasteiger partial charge on any atom is 0.155 e. The van der Waals surface area contributed by atoms with Crippen LogP contribution in [0.1, 0.15) is 0 Å². The molecule has 1 saturated heterocycles. The molecular formula is C23H24N6O. The molecule has 0 atom stereocenters. The molecule has 0 aliphatic carbocycles. The summed E-state index contributed by atoms with van der Waals surface area (Å²) >= 11 is 0. The molecule has 7 nitrogen and oxygen atoms in total. The minimum Gasteiger partial charge on any atom is -0.395 e. The van der Waals surface area contributed by atoms with Crippen LogP contribution in [0.4, 0.5) is 5.82 Å². The average molecular weight is 400 g/mol. The Morgan fingerprint density at radius 1 is 0.833 bits per heavy atom. The molecule has 0 radical (unpaired) electrons. The van der Waals surface area contributed by atoms with Crippen molar-refractivity contribution in [2.45, 2.75) is 0 Å². The molecule has 7 heteroatoms. The number of piperazine rings is 1. The van der Waals surface area contributed by atoms with E-state index in [9.17, 15) is 5.11 Å². The molecule has 4 heterocycles. The van der Waals surface area contributed by atoms with Gasteiger partial charge in [0.1, 0.15) is 11.5 Å². The molecule has 0 bridgehead atoms. The minimum absolute atomic E-state index is 0.205. The molecule has 4 aromatic rings. The summed E-state index contributed by atoms with van der Waals surface area (Å²) in [5, 5.41) is 14.2. The van der Waals surface area contributed by atoms with E-state index in [0.29, 0.717) is 0 Å². The van der Waals surface area contributed by atoms with E-state index >= 15 is 0 Å². The highest BCUT2D eigenvalue weighted by atomic mass is 16.3. The van der Waals surface area contributed by atoms with Crippen LogP contribution in [0.25, 0.3) is 28.2 Å². The van der Waals surface area contributed by atoms with Crippen LogP contribution >= 0.6 is 0 Å². The molecule has 0 spiro atoms. The number of nitrogens with zero attached hydrogens (tertiary/aromatic N) is 6. The fraction of sp³-hybridized carbons (Fsp3) is 0.261. The van der Waals surface area contributed by atoms with E-state index in [1.54, 1.807) is 12.4 Å². The zero-order chi connectivity index (χ0) is 20.3. The Morgan fingerprint density at radius 2 is 1.60 bits per heavy atom. The fourth-order valence-corrected chi connectivity index (χ4v) is 4.00. The lowest BCUT2D eigenvalue weighted by Crippen LogP contribution is -2.47. The van der Waals surface area contributed by atoms with Crippen molar-refractivity contribution in [1.82, 2.24) is 24.5 Å². The number of anilines is 1. The Labute approximate surface area is 175 Å². The molecule has 1 aromatic carbocycles. The molecule has 1 N–H and O–H groups in total. The van der Waals surface area contributed by atoms with Gasteiger partial charge < -0.3 is 10.0 Å². The van der Waals surface area contributed by atoms with Crippen molar-refractivity contribution in [3.8, 4) is 22.5 Å². The van der Waals surface area contributed by atoms with E-state index in [1.165, 1.54) is 0 Å². The number of aromatic nitrogens is 4. The van der Waals surface area contributed by atoms with Crippen LogP contribution in [0.15, 0.2) is 67.0 Å². The number of aliphatic hydroxyl groups excluding tert-OH is 1. The van der Waals surface area contributed by atoms with Gasteiger partial charge in [-0.2, -0.15) is 0 Å². The van der Waals surface area contributed by atoms with E-state index in [-0.39, 0.29) is 6.61 Å².